The molecule has 2 aromatic heterocycles. The quantitative estimate of drug-likeness (QED) is 0.809. The highest BCUT2D eigenvalue weighted by Gasteiger charge is 2.16. The largest absolute Gasteiger partial charge is 0.305 e. The molecule has 0 aliphatic heterocycles. The second kappa shape index (κ2) is 4.85. The summed E-state index contributed by atoms with van der Waals surface area (Å²) in [5, 5.41) is 0. The lowest BCUT2D eigenvalue weighted by Gasteiger charge is -2.08. The Morgan fingerprint density at radius 1 is 1.19 bits per heavy atom. The van der Waals surface area contributed by atoms with E-state index in [1.54, 1.807) is 28.9 Å². The van der Waals surface area contributed by atoms with Crippen LogP contribution in [-0.2, 0) is 10.0 Å². The van der Waals surface area contributed by atoms with Gasteiger partial charge in [0.1, 0.15) is 5.82 Å². The molecule has 2 heterocycles. The van der Waals surface area contributed by atoms with Crippen LogP contribution in [0.15, 0.2) is 53.7 Å². The maximum absolute atomic E-state index is 12.9. The third-order valence-corrected chi connectivity index (χ3v) is 4.35. The minimum Gasteiger partial charge on any atom is -0.305 e. The molecule has 0 unspecified atom stereocenters. The Bertz CT molecular complexity index is 902. The summed E-state index contributed by atoms with van der Waals surface area (Å²) in [6.07, 6.45) is 3.58. The fourth-order valence-corrected chi connectivity index (χ4v) is 3.09. The van der Waals surface area contributed by atoms with Crippen molar-refractivity contribution in [1.82, 2.24) is 9.38 Å². The number of benzene rings is 1. The number of pyridine rings is 1. The zero-order chi connectivity index (χ0) is 15.0. The molecule has 5 nitrogen and oxygen atoms in total. The molecule has 7 heteroatoms. The first kappa shape index (κ1) is 13.6. The Hall–Kier alpha value is -2.41. The maximum atomic E-state index is 12.9. The van der Waals surface area contributed by atoms with E-state index in [2.05, 4.69) is 9.71 Å². The molecule has 3 aromatic rings. The first-order chi connectivity index (χ1) is 9.95. The number of nitrogens with one attached hydrogen (secondary N) is 1. The first-order valence-corrected chi connectivity index (χ1v) is 7.67. The molecule has 0 radical (unpaired) electrons. The minimum atomic E-state index is -3.78. The predicted octanol–water partition coefficient (Wildman–Crippen LogP) is 2.58. The van der Waals surface area contributed by atoms with Crippen LogP contribution < -0.4 is 4.72 Å². The van der Waals surface area contributed by atoms with E-state index < -0.39 is 15.8 Å². The summed E-state index contributed by atoms with van der Waals surface area (Å²) in [6.45, 7) is 1.82. The van der Waals surface area contributed by atoms with Crippen molar-refractivity contribution in [3.8, 4) is 0 Å². The first-order valence-electron chi connectivity index (χ1n) is 6.18. The number of halogens is 1. The van der Waals surface area contributed by atoms with Crippen LogP contribution in [0.5, 0.6) is 0 Å². The van der Waals surface area contributed by atoms with Crippen molar-refractivity contribution >= 4 is 21.4 Å². The number of aryl methyl sites for hydroxylation is 1. The van der Waals surface area contributed by atoms with Gasteiger partial charge >= 0.3 is 0 Å². The summed E-state index contributed by atoms with van der Waals surface area (Å²) in [4.78, 5) is 4.28. The van der Waals surface area contributed by atoms with Crippen LogP contribution in [0.4, 0.5) is 10.1 Å². The van der Waals surface area contributed by atoms with Crippen LogP contribution in [-0.4, -0.2) is 17.8 Å². The van der Waals surface area contributed by atoms with Gasteiger partial charge in [-0.2, -0.15) is 0 Å². The van der Waals surface area contributed by atoms with E-state index in [1.807, 2.05) is 6.92 Å². The topological polar surface area (TPSA) is 63.5 Å². The van der Waals surface area contributed by atoms with E-state index in [4.69, 9.17) is 0 Å². The van der Waals surface area contributed by atoms with Crippen molar-refractivity contribution in [2.24, 2.45) is 0 Å². The molecule has 0 atom stereocenters. The van der Waals surface area contributed by atoms with Crippen molar-refractivity contribution in [3.63, 3.8) is 0 Å². The van der Waals surface area contributed by atoms with Gasteiger partial charge in [0.05, 0.1) is 16.3 Å². The molecule has 0 aliphatic carbocycles. The summed E-state index contributed by atoms with van der Waals surface area (Å²) < 4.78 is 41.7. The third kappa shape index (κ3) is 2.59. The maximum Gasteiger partial charge on any atom is 0.262 e. The number of sulfonamides is 1. The summed E-state index contributed by atoms with van der Waals surface area (Å²) >= 11 is 0. The zero-order valence-corrected chi connectivity index (χ0v) is 11.9. The average Bonchev–Trinajstić information content (AvgIpc) is 2.80. The average molecular weight is 305 g/mol. The highest BCUT2D eigenvalue weighted by Crippen LogP contribution is 2.20. The molecule has 0 aliphatic rings. The molecule has 1 N–H and O–H groups in total. The Kier molecular flexibility index (Phi) is 3.13. The van der Waals surface area contributed by atoms with Crippen molar-refractivity contribution < 1.29 is 12.8 Å². The number of hydrogen-bond acceptors (Lipinski definition) is 3. The van der Waals surface area contributed by atoms with E-state index in [9.17, 15) is 12.8 Å². The summed E-state index contributed by atoms with van der Waals surface area (Å²) in [5.74, 6) is -0.486. The lowest BCUT2D eigenvalue weighted by Crippen LogP contribution is -2.13. The van der Waals surface area contributed by atoms with Gasteiger partial charge in [0.2, 0.25) is 0 Å². The standard InChI is InChI=1S/C14H12FN3O2S/c1-10-9-18-8-2-3-13(14(18)16-10)17-21(19,20)12-6-4-11(15)5-7-12/h2-9,17H,1H3. The SMILES string of the molecule is Cc1cn2cccc(NS(=O)(=O)c3ccc(F)cc3)c2n1. The van der Waals surface area contributed by atoms with Gasteiger partial charge in [-0.15, -0.1) is 0 Å². The molecule has 21 heavy (non-hydrogen) atoms. The van der Waals surface area contributed by atoms with Crippen LogP contribution >= 0.6 is 0 Å². The van der Waals surface area contributed by atoms with Gasteiger partial charge in [-0.3, -0.25) is 4.72 Å². The minimum absolute atomic E-state index is 0.00539. The lowest BCUT2D eigenvalue weighted by atomic mass is 10.4. The van der Waals surface area contributed by atoms with Crippen molar-refractivity contribution in [3.05, 3.63) is 60.3 Å². The Morgan fingerprint density at radius 3 is 2.62 bits per heavy atom. The van der Waals surface area contributed by atoms with Crippen LogP contribution in [0.2, 0.25) is 0 Å². The van der Waals surface area contributed by atoms with Crippen molar-refractivity contribution in [2.45, 2.75) is 11.8 Å². The number of hydrogen-bond donors (Lipinski definition) is 1. The van der Waals surface area contributed by atoms with E-state index in [0.717, 1.165) is 17.8 Å². The molecule has 0 amide bonds. The Balaban J connectivity index is 2.03. The van der Waals surface area contributed by atoms with Gasteiger partial charge < -0.3 is 4.40 Å². The van der Waals surface area contributed by atoms with E-state index in [-0.39, 0.29) is 4.90 Å². The number of imidazole rings is 1. The predicted molar refractivity (Wildman–Crippen MR) is 77.1 cm³/mol. The zero-order valence-electron chi connectivity index (χ0n) is 11.1. The summed E-state index contributed by atoms with van der Waals surface area (Å²) in [5.41, 5.74) is 1.67. The van der Waals surface area contributed by atoms with Gasteiger partial charge in [-0.25, -0.2) is 17.8 Å². The fraction of sp³-hybridized carbons (Fsp3) is 0.0714. The molecule has 0 saturated carbocycles. The number of anilines is 1. The Labute approximate surface area is 121 Å². The van der Waals surface area contributed by atoms with Gasteiger partial charge in [-0.1, -0.05) is 0 Å². The fourth-order valence-electron chi connectivity index (χ4n) is 2.03. The lowest BCUT2D eigenvalue weighted by molar-refractivity contribution is 0.599. The van der Waals surface area contributed by atoms with Gasteiger partial charge in [0.15, 0.2) is 5.65 Å². The molecular formula is C14H12FN3O2S. The van der Waals surface area contributed by atoms with Gasteiger partial charge in [-0.05, 0) is 43.3 Å². The Morgan fingerprint density at radius 2 is 1.90 bits per heavy atom. The highest BCUT2D eigenvalue weighted by atomic mass is 32.2. The van der Waals surface area contributed by atoms with Crippen LogP contribution in [0, 0.1) is 12.7 Å². The third-order valence-electron chi connectivity index (χ3n) is 2.97. The molecule has 0 fully saturated rings. The van der Waals surface area contributed by atoms with E-state index >= 15 is 0 Å². The van der Waals surface area contributed by atoms with Gasteiger partial charge in [0.25, 0.3) is 10.0 Å². The summed E-state index contributed by atoms with van der Waals surface area (Å²) in [6, 6.07) is 7.99. The van der Waals surface area contributed by atoms with Gasteiger partial charge in [0, 0.05) is 12.4 Å². The number of fused-ring (bicyclic) bond motifs is 1. The molecule has 1 aromatic carbocycles. The van der Waals surface area contributed by atoms with E-state index in [1.165, 1.54) is 12.1 Å². The smallest absolute Gasteiger partial charge is 0.262 e. The number of rotatable bonds is 3. The van der Waals surface area contributed by atoms with Crippen LogP contribution in [0.1, 0.15) is 5.69 Å². The van der Waals surface area contributed by atoms with Crippen LogP contribution in [0.3, 0.4) is 0 Å². The normalized spacial score (nSPS) is 11.7. The second-order valence-electron chi connectivity index (χ2n) is 4.59. The molecule has 3 rings (SSSR count). The molecular weight excluding hydrogens is 293 g/mol. The van der Waals surface area contributed by atoms with Crippen molar-refractivity contribution in [1.29, 1.82) is 0 Å². The monoisotopic (exact) mass is 305 g/mol. The second-order valence-corrected chi connectivity index (χ2v) is 6.28. The van der Waals surface area contributed by atoms with Crippen LogP contribution in [0.25, 0.3) is 5.65 Å². The number of nitrogens with zero attached hydrogens (tertiary/aromatic N) is 2. The number of aromatic nitrogens is 2. The molecule has 108 valence electrons. The molecule has 0 spiro atoms. The summed E-state index contributed by atoms with van der Waals surface area (Å²) in [7, 11) is -3.78. The molecule has 0 saturated heterocycles. The van der Waals surface area contributed by atoms with E-state index in [0.29, 0.717) is 11.3 Å². The van der Waals surface area contributed by atoms with Crippen molar-refractivity contribution in [2.75, 3.05) is 4.72 Å². The highest BCUT2D eigenvalue weighted by molar-refractivity contribution is 7.92. The molecule has 0 bridgehead atoms.